The molecule has 0 aromatic rings. The molecular formula is C14H25F3N2O2. The lowest BCUT2D eigenvalue weighted by Crippen LogP contribution is -2.52. The summed E-state index contributed by atoms with van der Waals surface area (Å²) in [7, 11) is 0. The van der Waals surface area contributed by atoms with E-state index in [0.717, 1.165) is 6.42 Å². The van der Waals surface area contributed by atoms with Crippen LogP contribution in [0.5, 0.6) is 0 Å². The number of likely N-dealkylation sites (tertiary alicyclic amines) is 1. The fourth-order valence-corrected chi connectivity index (χ4v) is 2.54. The van der Waals surface area contributed by atoms with Crippen LogP contribution in [0.25, 0.3) is 0 Å². The lowest BCUT2D eigenvalue weighted by molar-refractivity contribution is -0.185. The van der Waals surface area contributed by atoms with Crippen molar-refractivity contribution < 1.29 is 23.1 Å². The topological polar surface area (TPSA) is 52.6 Å². The highest BCUT2D eigenvalue weighted by molar-refractivity contribution is 5.78. The highest BCUT2D eigenvalue weighted by atomic mass is 19.4. The van der Waals surface area contributed by atoms with Crippen molar-refractivity contribution in [3.8, 4) is 0 Å². The average molecular weight is 310 g/mol. The fourth-order valence-electron chi connectivity index (χ4n) is 2.54. The van der Waals surface area contributed by atoms with Crippen LogP contribution in [0.2, 0.25) is 0 Å². The van der Waals surface area contributed by atoms with Gasteiger partial charge in [0.25, 0.3) is 0 Å². The van der Waals surface area contributed by atoms with E-state index in [9.17, 15) is 23.1 Å². The van der Waals surface area contributed by atoms with E-state index in [1.807, 2.05) is 11.8 Å². The Bertz CT molecular complexity index is 342. The predicted octanol–water partition coefficient (Wildman–Crippen LogP) is 2.49. The average Bonchev–Trinajstić information content (AvgIpc) is 2.42. The van der Waals surface area contributed by atoms with Crippen molar-refractivity contribution in [2.75, 3.05) is 26.2 Å². The largest absolute Gasteiger partial charge is 0.480 e. The number of halogens is 3. The minimum Gasteiger partial charge on any atom is -0.480 e. The minimum atomic E-state index is -4.11. The highest BCUT2D eigenvalue weighted by Crippen LogP contribution is 2.34. The lowest BCUT2D eigenvalue weighted by atomic mass is 9.94. The van der Waals surface area contributed by atoms with Crippen molar-refractivity contribution in [3.05, 3.63) is 0 Å². The number of aliphatic carboxylic acids is 1. The number of hydrogen-bond acceptors (Lipinski definition) is 3. The first-order valence-electron chi connectivity index (χ1n) is 7.46. The van der Waals surface area contributed by atoms with Crippen LogP contribution in [-0.4, -0.2) is 53.9 Å². The molecule has 1 saturated heterocycles. The fraction of sp³-hybridized carbons (Fsp3) is 0.929. The summed E-state index contributed by atoms with van der Waals surface area (Å²) in [6.07, 6.45) is -2.67. The third-order valence-electron chi connectivity index (χ3n) is 4.22. The normalized spacial score (nSPS) is 21.2. The summed E-state index contributed by atoms with van der Waals surface area (Å²) in [5.74, 6) is -2.13. The summed E-state index contributed by atoms with van der Waals surface area (Å²) in [6, 6.07) is 0. The first-order chi connectivity index (χ1) is 9.69. The maximum Gasteiger partial charge on any atom is 0.391 e. The molecule has 0 saturated carbocycles. The molecule has 0 spiro atoms. The summed E-state index contributed by atoms with van der Waals surface area (Å²) in [4.78, 5) is 13.3. The van der Waals surface area contributed by atoms with Crippen molar-refractivity contribution in [1.82, 2.24) is 10.2 Å². The Morgan fingerprint density at radius 3 is 2.33 bits per heavy atom. The Labute approximate surface area is 123 Å². The second-order valence-electron chi connectivity index (χ2n) is 5.97. The number of alkyl halides is 3. The lowest BCUT2D eigenvalue weighted by Gasteiger charge is -2.35. The Balaban J connectivity index is 2.43. The molecule has 4 nitrogen and oxygen atoms in total. The van der Waals surface area contributed by atoms with E-state index in [1.54, 1.807) is 6.92 Å². The van der Waals surface area contributed by atoms with Crippen molar-refractivity contribution >= 4 is 5.97 Å². The van der Waals surface area contributed by atoms with Gasteiger partial charge < -0.3 is 15.3 Å². The second kappa shape index (κ2) is 7.45. The molecule has 1 atom stereocenters. The predicted molar refractivity (Wildman–Crippen MR) is 74.2 cm³/mol. The van der Waals surface area contributed by atoms with E-state index in [-0.39, 0.29) is 12.8 Å². The van der Waals surface area contributed by atoms with Crippen LogP contribution in [0.4, 0.5) is 13.2 Å². The summed E-state index contributed by atoms with van der Waals surface area (Å²) in [6.45, 7) is 5.47. The zero-order chi connectivity index (χ0) is 16.1. The van der Waals surface area contributed by atoms with Gasteiger partial charge in [-0.25, -0.2) is 0 Å². The number of nitrogens with one attached hydrogen (secondary N) is 1. The van der Waals surface area contributed by atoms with E-state index in [4.69, 9.17) is 0 Å². The molecule has 1 rings (SSSR count). The molecule has 1 unspecified atom stereocenters. The van der Waals surface area contributed by atoms with Crippen LogP contribution in [0.1, 0.15) is 39.5 Å². The minimum absolute atomic E-state index is 0.107. The molecule has 1 fully saturated rings. The van der Waals surface area contributed by atoms with Gasteiger partial charge in [0.1, 0.15) is 5.54 Å². The van der Waals surface area contributed by atoms with Crippen LogP contribution in [0, 0.1) is 5.92 Å². The summed E-state index contributed by atoms with van der Waals surface area (Å²) < 4.78 is 37.7. The van der Waals surface area contributed by atoms with Crippen LogP contribution >= 0.6 is 0 Å². The third-order valence-corrected chi connectivity index (χ3v) is 4.22. The van der Waals surface area contributed by atoms with Crippen molar-refractivity contribution in [2.24, 2.45) is 5.92 Å². The number of carboxylic acid groups (broad SMARTS) is 1. The van der Waals surface area contributed by atoms with E-state index < -0.39 is 23.6 Å². The molecule has 2 N–H and O–H groups in total. The van der Waals surface area contributed by atoms with Gasteiger partial charge in [-0.1, -0.05) is 6.92 Å². The van der Waals surface area contributed by atoms with Crippen molar-refractivity contribution in [2.45, 2.75) is 51.2 Å². The molecule has 0 aliphatic carbocycles. The standard InChI is InChI=1S/C14H25F3N2O2/c1-3-7-18-13(2,12(20)21)6-10-19-8-4-11(5-9-19)14(15,16)17/h11,18H,3-10H2,1-2H3,(H,20,21). The van der Waals surface area contributed by atoms with E-state index in [1.165, 1.54) is 0 Å². The Morgan fingerprint density at radius 2 is 1.90 bits per heavy atom. The summed E-state index contributed by atoms with van der Waals surface area (Å²) in [5, 5.41) is 12.3. The summed E-state index contributed by atoms with van der Waals surface area (Å²) >= 11 is 0. The van der Waals surface area contributed by atoms with Gasteiger partial charge in [0.2, 0.25) is 0 Å². The number of carbonyl (C=O) groups is 1. The van der Waals surface area contributed by atoms with E-state index >= 15 is 0 Å². The van der Waals surface area contributed by atoms with Gasteiger partial charge in [-0.15, -0.1) is 0 Å². The molecule has 0 amide bonds. The number of hydrogen-bond donors (Lipinski definition) is 2. The van der Waals surface area contributed by atoms with Gasteiger partial charge in [0.15, 0.2) is 0 Å². The zero-order valence-electron chi connectivity index (χ0n) is 12.7. The SMILES string of the molecule is CCCNC(C)(CCN1CCC(C(F)(F)F)CC1)C(=O)O. The molecule has 0 aromatic carbocycles. The number of carboxylic acids is 1. The molecule has 0 aromatic heterocycles. The maximum atomic E-state index is 12.6. The highest BCUT2D eigenvalue weighted by Gasteiger charge is 2.41. The molecule has 1 aliphatic rings. The first kappa shape index (κ1) is 18.2. The second-order valence-corrected chi connectivity index (χ2v) is 5.97. The third kappa shape index (κ3) is 5.47. The molecule has 1 aliphatic heterocycles. The Morgan fingerprint density at radius 1 is 1.33 bits per heavy atom. The van der Waals surface area contributed by atoms with E-state index in [2.05, 4.69) is 5.32 Å². The van der Waals surface area contributed by atoms with Gasteiger partial charge in [-0.3, -0.25) is 4.79 Å². The molecule has 21 heavy (non-hydrogen) atoms. The number of nitrogens with zero attached hydrogens (tertiary/aromatic N) is 1. The molecule has 0 bridgehead atoms. The molecule has 7 heteroatoms. The Hall–Kier alpha value is -0.820. The molecular weight excluding hydrogens is 285 g/mol. The van der Waals surface area contributed by atoms with Crippen molar-refractivity contribution in [1.29, 1.82) is 0 Å². The van der Waals surface area contributed by atoms with Crippen LogP contribution in [0.3, 0.4) is 0 Å². The van der Waals surface area contributed by atoms with Crippen molar-refractivity contribution in [3.63, 3.8) is 0 Å². The zero-order valence-corrected chi connectivity index (χ0v) is 12.7. The number of piperidine rings is 1. The Kier molecular flexibility index (Phi) is 6.46. The monoisotopic (exact) mass is 310 g/mol. The van der Waals surface area contributed by atoms with Gasteiger partial charge in [0, 0.05) is 6.54 Å². The van der Waals surface area contributed by atoms with Crippen LogP contribution in [-0.2, 0) is 4.79 Å². The quantitative estimate of drug-likeness (QED) is 0.758. The first-order valence-corrected chi connectivity index (χ1v) is 7.46. The van der Waals surface area contributed by atoms with Crippen LogP contribution in [0.15, 0.2) is 0 Å². The van der Waals surface area contributed by atoms with Gasteiger partial charge in [-0.2, -0.15) is 13.2 Å². The molecule has 0 radical (unpaired) electrons. The molecule has 1 heterocycles. The smallest absolute Gasteiger partial charge is 0.391 e. The van der Waals surface area contributed by atoms with Gasteiger partial charge >= 0.3 is 12.1 Å². The van der Waals surface area contributed by atoms with Crippen LogP contribution < -0.4 is 5.32 Å². The van der Waals surface area contributed by atoms with Gasteiger partial charge in [0.05, 0.1) is 5.92 Å². The summed E-state index contributed by atoms with van der Waals surface area (Å²) in [5.41, 5.74) is -1.02. The number of rotatable bonds is 7. The van der Waals surface area contributed by atoms with E-state index in [0.29, 0.717) is 32.6 Å². The molecule has 124 valence electrons. The van der Waals surface area contributed by atoms with Gasteiger partial charge in [-0.05, 0) is 52.2 Å². The maximum absolute atomic E-state index is 12.6.